The average Bonchev–Trinajstić information content (AvgIpc) is 3.04. The second-order valence-electron chi connectivity index (χ2n) is 4.82. The summed E-state index contributed by atoms with van der Waals surface area (Å²) in [6, 6.07) is 3.30. The largest absolute Gasteiger partial charge is 0.459 e. The van der Waals surface area contributed by atoms with Crippen molar-refractivity contribution in [3.05, 3.63) is 30.0 Å². The van der Waals surface area contributed by atoms with E-state index in [1.165, 1.54) is 6.26 Å². The molecule has 0 aliphatic rings. The highest BCUT2D eigenvalue weighted by molar-refractivity contribution is 7.99. The molecule has 0 unspecified atom stereocenters. The minimum absolute atomic E-state index is 0.255. The van der Waals surface area contributed by atoms with Gasteiger partial charge in [0.1, 0.15) is 0 Å². The fourth-order valence-corrected chi connectivity index (χ4v) is 2.40. The van der Waals surface area contributed by atoms with Gasteiger partial charge >= 0.3 is 0 Å². The second kappa shape index (κ2) is 6.60. The lowest BCUT2D eigenvalue weighted by Gasteiger charge is -2.06. The van der Waals surface area contributed by atoms with E-state index in [9.17, 15) is 4.79 Å². The molecule has 0 aromatic carbocycles. The second-order valence-corrected chi connectivity index (χ2v) is 5.81. The minimum Gasteiger partial charge on any atom is -0.459 e. The Balaban J connectivity index is 1.92. The van der Waals surface area contributed by atoms with E-state index in [0.717, 1.165) is 16.7 Å². The standard InChI is InChI=1S/C13H18N4O2S/c1-9(2)8-20-13-16-15-11(17(13)3)7-14-12(18)10-5-4-6-19-10/h4-6,9H,7-8H2,1-3H3,(H,14,18). The number of nitrogens with one attached hydrogen (secondary N) is 1. The Morgan fingerprint density at radius 1 is 1.50 bits per heavy atom. The zero-order valence-corrected chi connectivity index (χ0v) is 12.6. The van der Waals surface area contributed by atoms with E-state index in [-0.39, 0.29) is 5.91 Å². The van der Waals surface area contributed by atoms with E-state index >= 15 is 0 Å². The molecule has 0 bridgehead atoms. The lowest BCUT2D eigenvalue weighted by Crippen LogP contribution is -2.24. The van der Waals surface area contributed by atoms with Gasteiger partial charge in [0.15, 0.2) is 16.7 Å². The molecule has 2 aromatic heterocycles. The average molecular weight is 294 g/mol. The van der Waals surface area contributed by atoms with Gasteiger partial charge in [-0.25, -0.2) is 0 Å². The first-order valence-electron chi connectivity index (χ1n) is 6.40. The summed E-state index contributed by atoms with van der Waals surface area (Å²) in [4.78, 5) is 11.7. The molecule has 2 aromatic rings. The van der Waals surface area contributed by atoms with E-state index in [0.29, 0.717) is 18.2 Å². The van der Waals surface area contributed by atoms with E-state index in [1.807, 2.05) is 11.6 Å². The SMILES string of the molecule is CC(C)CSc1nnc(CNC(=O)c2ccco2)n1C. The topological polar surface area (TPSA) is 73.0 Å². The summed E-state index contributed by atoms with van der Waals surface area (Å²) in [6.07, 6.45) is 1.47. The monoisotopic (exact) mass is 294 g/mol. The summed E-state index contributed by atoms with van der Waals surface area (Å²) in [5.41, 5.74) is 0. The summed E-state index contributed by atoms with van der Waals surface area (Å²) in [7, 11) is 1.90. The van der Waals surface area contributed by atoms with Crippen molar-refractivity contribution in [1.82, 2.24) is 20.1 Å². The van der Waals surface area contributed by atoms with Crippen molar-refractivity contribution in [2.24, 2.45) is 13.0 Å². The van der Waals surface area contributed by atoms with E-state index < -0.39 is 0 Å². The molecule has 7 heteroatoms. The highest BCUT2D eigenvalue weighted by Gasteiger charge is 2.12. The number of hydrogen-bond donors (Lipinski definition) is 1. The molecule has 0 aliphatic heterocycles. The van der Waals surface area contributed by atoms with Crippen molar-refractivity contribution in [1.29, 1.82) is 0 Å². The summed E-state index contributed by atoms with van der Waals surface area (Å²) in [6.45, 7) is 4.65. The molecule has 0 saturated heterocycles. The molecule has 0 atom stereocenters. The lowest BCUT2D eigenvalue weighted by atomic mass is 10.3. The van der Waals surface area contributed by atoms with E-state index in [1.54, 1.807) is 23.9 Å². The molecule has 0 saturated carbocycles. The van der Waals surface area contributed by atoms with E-state index in [2.05, 4.69) is 29.4 Å². The van der Waals surface area contributed by atoms with Crippen LogP contribution in [0.25, 0.3) is 0 Å². The zero-order valence-electron chi connectivity index (χ0n) is 11.8. The molecule has 0 spiro atoms. The summed E-state index contributed by atoms with van der Waals surface area (Å²) >= 11 is 1.67. The van der Waals surface area contributed by atoms with Crippen LogP contribution in [-0.4, -0.2) is 26.4 Å². The predicted octanol–water partition coefficient (Wildman–Crippen LogP) is 2.09. The van der Waals surface area contributed by atoms with Crippen LogP contribution in [0.2, 0.25) is 0 Å². The van der Waals surface area contributed by atoms with Gasteiger partial charge in [-0.1, -0.05) is 25.6 Å². The van der Waals surface area contributed by atoms with Gasteiger partial charge in [0, 0.05) is 12.8 Å². The number of aromatic nitrogens is 3. The van der Waals surface area contributed by atoms with Crippen LogP contribution in [0.5, 0.6) is 0 Å². The Kier molecular flexibility index (Phi) is 4.84. The maximum Gasteiger partial charge on any atom is 0.287 e. The molecule has 1 amide bonds. The van der Waals surface area contributed by atoms with Crippen molar-refractivity contribution < 1.29 is 9.21 Å². The van der Waals surface area contributed by atoms with Crippen molar-refractivity contribution in [2.75, 3.05) is 5.75 Å². The van der Waals surface area contributed by atoms with Gasteiger partial charge in [-0.05, 0) is 18.1 Å². The number of hydrogen-bond acceptors (Lipinski definition) is 5. The third kappa shape index (κ3) is 3.63. The lowest BCUT2D eigenvalue weighted by molar-refractivity contribution is 0.0922. The molecule has 0 radical (unpaired) electrons. The maximum absolute atomic E-state index is 11.7. The van der Waals surface area contributed by atoms with Crippen LogP contribution in [0.15, 0.2) is 28.0 Å². The molecule has 6 nitrogen and oxygen atoms in total. The van der Waals surface area contributed by atoms with Crippen molar-refractivity contribution in [3.63, 3.8) is 0 Å². The molecular formula is C13H18N4O2S. The Morgan fingerprint density at radius 3 is 2.95 bits per heavy atom. The molecule has 2 rings (SSSR count). The first-order chi connectivity index (χ1) is 9.58. The van der Waals surface area contributed by atoms with Gasteiger partial charge in [-0.3, -0.25) is 4.79 Å². The Morgan fingerprint density at radius 2 is 2.30 bits per heavy atom. The van der Waals surface area contributed by atoms with Crippen LogP contribution in [-0.2, 0) is 13.6 Å². The predicted molar refractivity (Wildman–Crippen MR) is 76.4 cm³/mol. The summed E-state index contributed by atoms with van der Waals surface area (Å²) in [5.74, 6) is 2.34. The molecular weight excluding hydrogens is 276 g/mol. The zero-order chi connectivity index (χ0) is 14.5. The minimum atomic E-state index is -0.255. The molecule has 108 valence electrons. The van der Waals surface area contributed by atoms with Crippen molar-refractivity contribution >= 4 is 17.7 Å². The highest BCUT2D eigenvalue weighted by Crippen LogP contribution is 2.18. The van der Waals surface area contributed by atoms with Crippen molar-refractivity contribution in [3.8, 4) is 0 Å². The number of thioether (sulfide) groups is 1. The van der Waals surface area contributed by atoms with Crippen LogP contribution in [0.1, 0.15) is 30.2 Å². The normalized spacial score (nSPS) is 11.0. The first kappa shape index (κ1) is 14.6. The van der Waals surface area contributed by atoms with Crippen LogP contribution in [0.3, 0.4) is 0 Å². The molecule has 0 aliphatic carbocycles. The first-order valence-corrected chi connectivity index (χ1v) is 7.39. The number of carbonyl (C=O) groups is 1. The maximum atomic E-state index is 11.7. The number of rotatable bonds is 6. The van der Waals surface area contributed by atoms with Gasteiger partial charge in [0.25, 0.3) is 5.91 Å². The van der Waals surface area contributed by atoms with Gasteiger partial charge in [0.05, 0.1) is 12.8 Å². The molecule has 1 N–H and O–H groups in total. The molecule has 0 fully saturated rings. The number of nitrogens with zero attached hydrogens (tertiary/aromatic N) is 3. The van der Waals surface area contributed by atoms with Crippen LogP contribution in [0, 0.1) is 5.92 Å². The molecule has 2 heterocycles. The Bertz CT molecular complexity index is 563. The van der Waals surface area contributed by atoms with Crippen molar-refractivity contribution in [2.45, 2.75) is 25.5 Å². The van der Waals surface area contributed by atoms with Gasteiger partial charge < -0.3 is 14.3 Å². The van der Waals surface area contributed by atoms with Crippen LogP contribution in [0.4, 0.5) is 0 Å². The third-order valence-corrected chi connectivity index (χ3v) is 4.07. The van der Waals surface area contributed by atoms with Gasteiger partial charge in [0.2, 0.25) is 0 Å². The number of carbonyl (C=O) groups excluding carboxylic acids is 1. The quantitative estimate of drug-likeness (QED) is 0.826. The van der Waals surface area contributed by atoms with Gasteiger partial charge in [-0.15, -0.1) is 10.2 Å². The summed E-state index contributed by atoms with van der Waals surface area (Å²) in [5, 5.41) is 11.8. The Labute approximate surface area is 121 Å². The fourth-order valence-electron chi connectivity index (χ4n) is 1.52. The highest BCUT2D eigenvalue weighted by atomic mass is 32.2. The molecule has 20 heavy (non-hydrogen) atoms. The fraction of sp³-hybridized carbons (Fsp3) is 0.462. The van der Waals surface area contributed by atoms with Crippen LogP contribution < -0.4 is 5.32 Å². The smallest absolute Gasteiger partial charge is 0.287 e. The third-order valence-electron chi connectivity index (χ3n) is 2.62. The van der Waals surface area contributed by atoms with Gasteiger partial charge in [-0.2, -0.15) is 0 Å². The Hall–Kier alpha value is -1.76. The number of furan rings is 1. The van der Waals surface area contributed by atoms with E-state index in [4.69, 9.17) is 4.42 Å². The summed E-state index contributed by atoms with van der Waals surface area (Å²) < 4.78 is 6.92. The number of amides is 1. The van der Waals surface area contributed by atoms with Crippen LogP contribution >= 0.6 is 11.8 Å².